The van der Waals surface area contributed by atoms with Crippen LogP contribution < -0.4 is 10.6 Å². The van der Waals surface area contributed by atoms with E-state index in [1.54, 1.807) is 19.1 Å². The fourth-order valence-electron chi connectivity index (χ4n) is 4.77. The van der Waals surface area contributed by atoms with Crippen LogP contribution in [0.3, 0.4) is 0 Å². The molecule has 1 aliphatic rings. The average molecular weight is 616 g/mol. The van der Waals surface area contributed by atoms with Crippen LogP contribution in [0.2, 0.25) is 0 Å². The average Bonchev–Trinajstić information content (AvgIpc) is 3.50. The molecule has 4 rings (SSSR count). The number of nitrogens with zero attached hydrogens (tertiary/aromatic N) is 3. The van der Waals surface area contributed by atoms with Crippen molar-refractivity contribution >= 4 is 17.9 Å². The van der Waals surface area contributed by atoms with Crippen molar-refractivity contribution in [1.29, 1.82) is 0 Å². The maximum absolute atomic E-state index is 13.5. The smallest absolute Gasteiger partial charge is 0.449 e. The van der Waals surface area contributed by atoms with Crippen molar-refractivity contribution in [2.24, 2.45) is 5.41 Å². The van der Waals surface area contributed by atoms with Gasteiger partial charge in [-0.2, -0.15) is 18.2 Å². The Balaban J connectivity index is 1.36. The topological polar surface area (TPSA) is 127 Å². The maximum Gasteiger partial charge on any atom is 0.471 e. The summed E-state index contributed by atoms with van der Waals surface area (Å²) in [6, 6.07) is 14.3. The zero-order chi connectivity index (χ0) is 32.1. The Hall–Kier alpha value is -4.42. The number of piperidine rings is 1. The summed E-state index contributed by atoms with van der Waals surface area (Å²) in [5.74, 6) is -2.50. The molecule has 0 unspecified atom stereocenters. The van der Waals surface area contributed by atoms with Crippen molar-refractivity contribution in [1.82, 2.24) is 25.7 Å². The number of rotatable bonds is 8. The Morgan fingerprint density at radius 3 is 2.36 bits per heavy atom. The Morgan fingerprint density at radius 1 is 1.07 bits per heavy atom. The first kappa shape index (κ1) is 32.5. The Labute approximate surface area is 253 Å². The largest absolute Gasteiger partial charge is 0.471 e. The summed E-state index contributed by atoms with van der Waals surface area (Å²) >= 11 is 0. The monoisotopic (exact) mass is 615 g/mol. The van der Waals surface area contributed by atoms with Gasteiger partial charge in [0.05, 0.1) is 6.61 Å². The lowest BCUT2D eigenvalue weighted by Crippen LogP contribution is -2.56. The third-order valence-corrected chi connectivity index (χ3v) is 7.14. The fraction of sp³-hybridized carbons (Fsp3) is 0.452. The standard InChI is InChI=1S/C31H36F3N5O5/c1-19(26(40)35-17-20-10-12-22(13-11-20)25-37-28(44-38-25)31(32,33)34)36-27(41)24-16-23(21-8-6-5-7-9-21)14-15-39(24)29(42)43-18-30(2,3)4/h5-13,19,23-24H,14-18H2,1-4H3,(H,35,40)(H,36,41)/t19-,23-,24+/m0/s1. The summed E-state index contributed by atoms with van der Waals surface area (Å²) < 4.78 is 48.0. The van der Waals surface area contributed by atoms with Crippen molar-refractivity contribution in [3.63, 3.8) is 0 Å². The molecule has 1 fully saturated rings. The summed E-state index contributed by atoms with van der Waals surface area (Å²) in [4.78, 5) is 44.2. The highest BCUT2D eigenvalue weighted by Gasteiger charge is 2.39. The predicted octanol–water partition coefficient (Wildman–Crippen LogP) is 5.31. The molecule has 0 bridgehead atoms. The molecule has 1 aromatic heterocycles. The van der Waals surface area contributed by atoms with E-state index in [1.165, 1.54) is 17.0 Å². The Morgan fingerprint density at radius 2 is 1.75 bits per heavy atom. The van der Waals surface area contributed by atoms with E-state index in [0.717, 1.165) is 5.56 Å². The molecule has 44 heavy (non-hydrogen) atoms. The van der Waals surface area contributed by atoms with E-state index in [-0.39, 0.29) is 30.3 Å². The number of hydrogen-bond donors (Lipinski definition) is 2. The second-order valence-electron chi connectivity index (χ2n) is 12.0. The summed E-state index contributed by atoms with van der Waals surface area (Å²) in [5.41, 5.74) is 1.80. The molecule has 10 nitrogen and oxygen atoms in total. The normalized spacial score (nSPS) is 17.9. The number of carbonyl (C=O) groups excluding carboxylic acids is 3. The summed E-state index contributed by atoms with van der Waals surface area (Å²) in [7, 11) is 0. The molecule has 3 amide bonds. The summed E-state index contributed by atoms with van der Waals surface area (Å²) in [5, 5.41) is 8.84. The van der Waals surface area contributed by atoms with Gasteiger partial charge in [-0.3, -0.25) is 14.5 Å². The molecule has 0 spiro atoms. The van der Waals surface area contributed by atoms with Crippen LogP contribution >= 0.6 is 0 Å². The van der Waals surface area contributed by atoms with Gasteiger partial charge in [0, 0.05) is 18.7 Å². The van der Waals surface area contributed by atoms with Crippen LogP contribution in [-0.4, -0.2) is 58.2 Å². The number of likely N-dealkylation sites (tertiary alicyclic amines) is 1. The molecule has 3 atom stereocenters. The molecular formula is C31H36F3N5O5. The number of halogens is 3. The zero-order valence-electron chi connectivity index (χ0n) is 25.0. The van der Waals surface area contributed by atoms with Gasteiger partial charge in [0.2, 0.25) is 17.6 Å². The molecule has 0 saturated carbocycles. The van der Waals surface area contributed by atoms with Crippen molar-refractivity contribution in [2.45, 2.75) is 71.3 Å². The van der Waals surface area contributed by atoms with E-state index in [9.17, 15) is 27.6 Å². The molecule has 2 N–H and O–H groups in total. The molecule has 3 aromatic rings. The summed E-state index contributed by atoms with van der Waals surface area (Å²) in [6.45, 7) is 8.01. The van der Waals surface area contributed by atoms with Crippen molar-refractivity contribution in [3.8, 4) is 11.4 Å². The second kappa shape index (κ2) is 13.5. The lowest BCUT2D eigenvalue weighted by atomic mass is 9.85. The van der Waals surface area contributed by atoms with Gasteiger partial charge < -0.3 is 19.9 Å². The van der Waals surface area contributed by atoms with Gasteiger partial charge in [0.15, 0.2) is 0 Å². The molecule has 2 aromatic carbocycles. The molecule has 1 aliphatic heterocycles. The van der Waals surface area contributed by atoms with Gasteiger partial charge in [-0.15, -0.1) is 0 Å². The van der Waals surface area contributed by atoms with Crippen LogP contribution in [0.5, 0.6) is 0 Å². The highest BCUT2D eigenvalue weighted by Crippen LogP contribution is 2.33. The number of nitrogens with one attached hydrogen (secondary N) is 2. The quantitative estimate of drug-likeness (QED) is 0.352. The highest BCUT2D eigenvalue weighted by molar-refractivity contribution is 5.91. The van der Waals surface area contributed by atoms with Crippen LogP contribution in [-0.2, 0) is 27.0 Å². The van der Waals surface area contributed by atoms with Gasteiger partial charge in [-0.25, -0.2) is 4.79 Å². The lowest BCUT2D eigenvalue weighted by molar-refractivity contribution is -0.159. The first-order chi connectivity index (χ1) is 20.7. The van der Waals surface area contributed by atoms with Crippen molar-refractivity contribution < 1.29 is 36.8 Å². The van der Waals surface area contributed by atoms with E-state index >= 15 is 0 Å². The van der Waals surface area contributed by atoms with Gasteiger partial charge in [-0.05, 0) is 42.2 Å². The third-order valence-electron chi connectivity index (χ3n) is 7.14. The van der Waals surface area contributed by atoms with E-state index in [4.69, 9.17) is 4.74 Å². The second-order valence-corrected chi connectivity index (χ2v) is 12.0. The van der Waals surface area contributed by atoms with Crippen molar-refractivity contribution in [3.05, 3.63) is 71.6 Å². The maximum atomic E-state index is 13.5. The van der Waals surface area contributed by atoms with E-state index < -0.39 is 42.1 Å². The Bertz CT molecular complexity index is 1440. The van der Waals surface area contributed by atoms with Crippen LogP contribution in [0.15, 0.2) is 59.1 Å². The first-order valence-corrected chi connectivity index (χ1v) is 14.3. The summed E-state index contributed by atoms with van der Waals surface area (Å²) in [6.07, 6.45) is -4.26. The minimum Gasteiger partial charge on any atom is -0.449 e. The Kier molecular flexibility index (Phi) is 9.95. The number of benzene rings is 2. The van der Waals surface area contributed by atoms with Crippen molar-refractivity contribution in [2.75, 3.05) is 13.2 Å². The van der Waals surface area contributed by atoms with Crippen LogP contribution in [0.25, 0.3) is 11.4 Å². The molecule has 1 saturated heterocycles. The zero-order valence-corrected chi connectivity index (χ0v) is 25.0. The molecule has 236 valence electrons. The SMILES string of the molecule is C[C@H](NC(=O)[C@H]1C[C@@H](c2ccccc2)CCN1C(=O)OCC(C)(C)C)C(=O)NCc1ccc(-c2noc(C(F)(F)F)n2)cc1. The highest BCUT2D eigenvalue weighted by atomic mass is 19.4. The number of aromatic nitrogens is 2. The van der Waals surface area contributed by atoms with Gasteiger partial charge >= 0.3 is 18.2 Å². The molecule has 13 heteroatoms. The fourth-order valence-corrected chi connectivity index (χ4v) is 4.77. The van der Waals surface area contributed by atoms with E-state index in [1.807, 2.05) is 51.1 Å². The third kappa shape index (κ3) is 8.57. The molecule has 2 heterocycles. The minimum atomic E-state index is -4.74. The molecule has 0 aliphatic carbocycles. The number of carbonyl (C=O) groups is 3. The minimum absolute atomic E-state index is 0.0539. The van der Waals surface area contributed by atoms with E-state index in [0.29, 0.717) is 30.5 Å². The number of amides is 3. The number of hydrogen-bond acceptors (Lipinski definition) is 7. The number of alkyl halides is 3. The first-order valence-electron chi connectivity index (χ1n) is 14.3. The van der Waals surface area contributed by atoms with Crippen LogP contribution in [0.4, 0.5) is 18.0 Å². The van der Waals surface area contributed by atoms with E-state index in [2.05, 4.69) is 25.3 Å². The predicted molar refractivity (Wildman–Crippen MR) is 154 cm³/mol. The molecule has 0 radical (unpaired) electrons. The molecular weight excluding hydrogens is 579 g/mol. The van der Waals surface area contributed by atoms with Gasteiger partial charge in [-0.1, -0.05) is 80.5 Å². The van der Waals surface area contributed by atoms with Gasteiger partial charge in [0.25, 0.3) is 0 Å². The lowest BCUT2D eigenvalue weighted by Gasteiger charge is -2.38. The van der Waals surface area contributed by atoms with Crippen LogP contribution in [0.1, 0.15) is 63.5 Å². The number of ether oxygens (including phenoxy) is 1. The van der Waals surface area contributed by atoms with Gasteiger partial charge in [0.1, 0.15) is 12.1 Å². The van der Waals surface area contributed by atoms with Crippen LogP contribution in [0, 0.1) is 5.41 Å².